The third kappa shape index (κ3) is 2.73. The van der Waals surface area contributed by atoms with Gasteiger partial charge in [-0.2, -0.15) is 4.98 Å². The van der Waals surface area contributed by atoms with Gasteiger partial charge in [0.05, 0.1) is 0 Å². The van der Waals surface area contributed by atoms with Crippen molar-refractivity contribution in [1.82, 2.24) is 20.4 Å². The first-order valence-electron chi connectivity index (χ1n) is 6.18. The topological polar surface area (TPSA) is 63.8 Å². The molecule has 5 heteroatoms. The summed E-state index contributed by atoms with van der Waals surface area (Å²) < 4.78 is 5.25. The molecule has 2 aromatic heterocycles. The van der Waals surface area contributed by atoms with Crippen LogP contribution in [-0.4, -0.2) is 28.2 Å². The van der Waals surface area contributed by atoms with Crippen LogP contribution in [0.5, 0.6) is 0 Å². The predicted octanol–water partition coefficient (Wildman–Crippen LogP) is 1.84. The first-order chi connectivity index (χ1) is 8.74. The van der Waals surface area contributed by atoms with E-state index in [9.17, 15) is 0 Å². The molecule has 2 heterocycles. The van der Waals surface area contributed by atoms with E-state index in [2.05, 4.69) is 34.3 Å². The molecule has 0 spiro atoms. The standard InChI is InChI=1S/C13H18N4O/c1-4-10-6-5-7-15-12(10)13-16-11(18-17-13)8-9(2)14-3/h5-7,9,14H,4,8H2,1-3H3. The Kier molecular flexibility index (Phi) is 4.04. The van der Waals surface area contributed by atoms with E-state index in [1.54, 1.807) is 6.20 Å². The van der Waals surface area contributed by atoms with E-state index in [-0.39, 0.29) is 0 Å². The van der Waals surface area contributed by atoms with Crippen LogP contribution in [0.25, 0.3) is 11.5 Å². The zero-order chi connectivity index (χ0) is 13.0. The molecule has 0 fully saturated rings. The van der Waals surface area contributed by atoms with Crippen LogP contribution in [0.15, 0.2) is 22.9 Å². The van der Waals surface area contributed by atoms with E-state index in [1.807, 2.05) is 19.2 Å². The molecule has 0 aromatic carbocycles. The van der Waals surface area contributed by atoms with Crippen molar-refractivity contribution in [3.05, 3.63) is 29.8 Å². The Morgan fingerprint density at radius 2 is 2.28 bits per heavy atom. The summed E-state index contributed by atoms with van der Waals surface area (Å²) in [5, 5.41) is 7.15. The van der Waals surface area contributed by atoms with Crippen molar-refractivity contribution in [2.24, 2.45) is 0 Å². The van der Waals surface area contributed by atoms with Gasteiger partial charge in [-0.05, 0) is 32.0 Å². The minimum atomic E-state index is 0.313. The fourth-order valence-electron chi connectivity index (χ4n) is 1.72. The average molecular weight is 246 g/mol. The molecule has 0 saturated carbocycles. The zero-order valence-corrected chi connectivity index (χ0v) is 11.0. The molecule has 0 aliphatic rings. The minimum absolute atomic E-state index is 0.313. The number of hydrogen-bond donors (Lipinski definition) is 1. The van der Waals surface area contributed by atoms with Crippen molar-refractivity contribution in [1.29, 1.82) is 0 Å². The Bertz CT molecular complexity index is 509. The monoisotopic (exact) mass is 246 g/mol. The third-order valence-corrected chi connectivity index (χ3v) is 2.93. The van der Waals surface area contributed by atoms with Crippen LogP contribution in [-0.2, 0) is 12.8 Å². The highest BCUT2D eigenvalue weighted by atomic mass is 16.5. The molecule has 0 amide bonds. The molecule has 1 atom stereocenters. The maximum absolute atomic E-state index is 5.25. The summed E-state index contributed by atoms with van der Waals surface area (Å²) in [4.78, 5) is 8.73. The number of aryl methyl sites for hydroxylation is 1. The summed E-state index contributed by atoms with van der Waals surface area (Å²) in [5.74, 6) is 1.21. The predicted molar refractivity (Wildman–Crippen MR) is 69.1 cm³/mol. The normalized spacial score (nSPS) is 12.6. The minimum Gasteiger partial charge on any atom is -0.339 e. The van der Waals surface area contributed by atoms with Crippen LogP contribution >= 0.6 is 0 Å². The smallest absolute Gasteiger partial charge is 0.228 e. The summed E-state index contributed by atoms with van der Waals surface area (Å²) >= 11 is 0. The van der Waals surface area contributed by atoms with E-state index in [4.69, 9.17) is 4.52 Å². The summed E-state index contributed by atoms with van der Waals surface area (Å²) in [7, 11) is 1.91. The van der Waals surface area contributed by atoms with Crippen LogP contribution in [0, 0.1) is 0 Å². The van der Waals surface area contributed by atoms with Gasteiger partial charge in [0.1, 0.15) is 5.69 Å². The van der Waals surface area contributed by atoms with Gasteiger partial charge in [0.25, 0.3) is 0 Å². The second-order valence-electron chi connectivity index (χ2n) is 4.27. The van der Waals surface area contributed by atoms with Crippen molar-refractivity contribution in [2.45, 2.75) is 32.7 Å². The van der Waals surface area contributed by atoms with E-state index < -0.39 is 0 Å². The largest absolute Gasteiger partial charge is 0.339 e. The number of aromatic nitrogens is 3. The van der Waals surface area contributed by atoms with Crippen LogP contribution in [0.4, 0.5) is 0 Å². The quantitative estimate of drug-likeness (QED) is 0.872. The summed E-state index contributed by atoms with van der Waals surface area (Å²) in [6, 6.07) is 4.27. The lowest BCUT2D eigenvalue weighted by molar-refractivity contribution is 0.365. The van der Waals surface area contributed by atoms with Gasteiger partial charge in [0, 0.05) is 18.7 Å². The molecule has 2 rings (SSSR count). The molecule has 1 unspecified atom stereocenters. The van der Waals surface area contributed by atoms with Crippen molar-refractivity contribution < 1.29 is 4.52 Å². The Labute approximate surface area is 107 Å². The van der Waals surface area contributed by atoms with E-state index in [0.717, 1.165) is 24.1 Å². The average Bonchev–Trinajstić information content (AvgIpc) is 2.86. The third-order valence-electron chi connectivity index (χ3n) is 2.93. The Morgan fingerprint density at radius 3 is 3.00 bits per heavy atom. The van der Waals surface area contributed by atoms with Gasteiger partial charge in [-0.1, -0.05) is 18.1 Å². The molecule has 2 aromatic rings. The number of likely N-dealkylation sites (N-methyl/N-ethyl adjacent to an activating group) is 1. The SMILES string of the molecule is CCc1cccnc1-c1noc(CC(C)NC)n1. The van der Waals surface area contributed by atoms with Crippen molar-refractivity contribution in [3.8, 4) is 11.5 Å². The maximum Gasteiger partial charge on any atom is 0.228 e. The molecule has 0 radical (unpaired) electrons. The number of nitrogens with one attached hydrogen (secondary N) is 1. The number of rotatable bonds is 5. The van der Waals surface area contributed by atoms with Crippen LogP contribution in [0.3, 0.4) is 0 Å². The Hall–Kier alpha value is -1.75. The molecule has 1 N–H and O–H groups in total. The molecule has 0 aliphatic carbocycles. The molecule has 0 bridgehead atoms. The highest BCUT2D eigenvalue weighted by Crippen LogP contribution is 2.18. The summed E-state index contributed by atoms with van der Waals surface area (Å²) in [6.07, 6.45) is 3.37. The molecule has 5 nitrogen and oxygen atoms in total. The zero-order valence-electron chi connectivity index (χ0n) is 11.0. The molecule has 96 valence electrons. The number of hydrogen-bond acceptors (Lipinski definition) is 5. The van der Waals surface area contributed by atoms with Crippen LogP contribution < -0.4 is 5.32 Å². The second kappa shape index (κ2) is 5.73. The maximum atomic E-state index is 5.25. The lowest BCUT2D eigenvalue weighted by Gasteiger charge is -2.04. The molecule has 0 aliphatic heterocycles. The molecular weight excluding hydrogens is 228 g/mol. The van der Waals surface area contributed by atoms with Crippen molar-refractivity contribution >= 4 is 0 Å². The first kappa shape index (κ1) is 12.7. The fourth-order valence-corrected chi connectivity index (χ4v) is 1.72. The van der Waals surface area contributed by atoms with Crippen LogP contribution in [0.1, 0.15) is 25.3 Å². The Balaban J connectivity index is 2.24. The summed E-state index contributed by atoms with van der Waals surface area (Å²) in [6.45, 7) is 4.16. The van der Waals surface area contributed by atoms with Gasteiger partial charge in [0.2, 0.25) is 11.7 Å². The summed E-state index contributed by atoms with van der Waals surface area (Å²) in [5.41, 5.74) is 1.94. The van der Waals surface area contributed by atoms with Gasteiger partial charge in [0.15, 0.2) is 0 Å². The van der Waals surface area contributed by atoms with E-state index >= 15 is 0 Å². The number of pyridine rings is 1. The highest BCUT2D eigenvalue weighted by Gasteiger charge is 2.14. The number of nitrogens with zero attached hydrogens (tertiary/aromatic N) is 3. The lowest BCUT2D eigenvalue weighted by Crippen LogP contribution is -2.23. The Morgan fingerprint density at radius 1 is 1.44 bits per heavy atom. The van der Waals surface area contributed by atoms with Gasteiger partial charge in [-0.25, -0.2) is 0 Å². The van der Waals surface area contributed by atoms with Gasteiger partial charge in [-0.3, -0.25) is 4.98 Å². The lowest BCUT2D eigenvalue weighted by atomic mass is 10.1. The first-order valence-corrected chi connectivity index (χ1v) is 6.18. The molecule has 18 heavy (non-hydrogen) atoms. The van der Waals surface area contributed by atoms with E-state index in [0.29, 0.717) is 17.8 Å². The van der Waals surface area contributed by atoms with E-state index in [1.165, 1.54) is 0 Å². The van der Waals surface area contributed by atoms with Crippen molar-refractivity contribution in [3.63, 3.8) is 0 Å². The highest BCUT2D eigenvalue weighted by molar-refractivity contribution is 5.53. The fraction of sp³-hybridized carbons (Fsp3) is 0.462. The van der Waals surface area contributed by atoms with Crippen LogP contribution in [0.2, 0.25) is 0 Å². The van der Waals surface area contributed by atoms with Crippen molar-refractivity contribution in [2.75, 3.05) is 7.05 Å². The van der Waals surface area contributed by atoms with Gasteiger partial charge >= 0.3 is 0 Å². The van der Waals surface area contributed by atoms with Gasteiger partial charge < -0.3 is 9.84 Å². The van der Waals surface area contributed by atoms with Gasteiger partial charge in [-0.15, -0.1) is 0 Å². The second-order valence-corrected chi connectivity index (χ2v) is 4.27. The molecular formula is C13H18N4O. The molecule has 0 saturated heterocycles.